The molecule has 0 radical (unpaired) electrons. The second kappa shape index (κ2) is 5.67. The maximum Gasteiger partial charge on any atom is 0.347 e. The van der Waals surface area contributed by atoms with E-state index in [9.17, 15) is 4.79 Å². The average Bonchev–Trinajstić information content (AvgIpc) is 2.41. The Morgan fingerprint density at radius 3 is 2.30 bits per heavy atom. The number of carboxylic acids is 1. The summed E-state index contributed by atoms with van der Waals surface area (Å²) in [5, 5.41) is 9.09. The zero-order valence-electron chi connectivity index (χ0n) is 11.3. The fourth-order valence-electron chi connectivity index (χ4n) is 1.71. The summed E-state index contributed by atoms with van der Waals surface area (Å²) in [5.74, 6) is -0.492. The van der Waals surface area contributed by atoms with Crippen LogP contribution in [0.15, 0.2) is 53.0 Å². The molecule has 0 aliphatic heterocycles. The minimum atomic E-state index is -1.27. The molecule has 0 aliphatic carbocycles. The summed E-state index contributed by atoms with van der Waals surface area (Å²) >= 11 is 3.43. The van der Waals surface area contributed by atoms with E-state index in [0.29, 0.717) is 5.75 Å². The van der Waals surface area contributed by atoms with Gasteiger partial charge >= 0.3 is 5.97 Å². The molecule has 0 fully saturated rings. The topological polar surface area (TPSA) is 46.5 Å². The number of benzene rings is 2. The molecule has 0 aliphatic rings. The smallest absolute Gasteiger partial charge is 0.347 e. The molecule has 0 unspecified atom stereocenters. The predicted molar refractivity (Wildman–Crippen MR) is 81.9 cm³/mol. The van der Waals surface area contributed by atoms with Gasteiger partial charge in [0.1, 0.15) is 5.75 Å². The lowest BCUT2D eigenvalue weighted by Crippen LogP contribution is -2.37. The van der Waals surface area contributed by atoms with Crippen molar-refractivity contribution in [3.05, 3.63) is 53.0 Å². The zero-order valence-corrected chi connectivity index (χ0v) is 12.8. The van der Waals surface area contributed by atoms with Crippen LogP contribution in [0.25, 0.3) is 11.1 Å². The van der Waals surface area contributed by atoms with Crippen LogP contribution in [0.1, 0.15) is 13.8 Å². The summed E-state index contributed by atoms with van der Waals surface area (Å²) in [6.45, 7) is 3.04. The standard InChI is InChI=1S/C16H15BrO3/c1-16(2,15(18)19)20-14-9-8-12(10-13(14)17)11-6-4-3-5-7-11/h3-10H,1-2H3,(H,18,19). The number of carbonyl (C=O) groups is 1. The van der Waals surface area contributed by atoms with Gasteiger partial charge in [0.05, 0.1) is 4.47 Å². The zero-order chi connectivity index (χ0) is 14.8. The highest BCUT2D eigenvalue weighted by molar-refractivity contribution is 9.10. The molecule has 2 aromatic rings. The molecule has 0 spiro atoms. The normalized spacial score (nSPS) is 11.2. The van der Waals surface area contributed by atoms with Crippen LogP contribution < -0.4 is 4.74 Å². The number of hydrogen-bond donors (Lipinski definition) is 1. The number of rotatable bonds is 4. The minimum Gasteiger partial charge on any atom is -0.478 e. The summed E-state index contributed by atoms with van der Waals surface area (Å²) in [7, 11) is 0. The molecule has 0 atom stereocenters. The van der Waals surface area contributed by atoms with Crippen LogP contribution in [-0.4, -0.2) is 16.7 Å². The van der Waals surface area contributed by atoms with Gasteiger partial charge in [-0.15, -0.1) is 0 Å². The predicted octanol–water partition coefficient (Wildman–Crippen LogP) is 4.36. The lowest BCUT2D eigenvalue weighted by molar-refractivity contribution is -0.152. The maximum atomic E-state index is 11.1. The monoisotopic (exact) mass is 334 g/mol. The third kappa shape index (κ3) is 3.20. The summed E-state index contributed by atoms with van der Waals surface area (Å²) in [6.07, 6.45) is 0. The molecule has 0 aromatic heterocycles. The van der Waals surface area contributed by atoms with Gasteiger partial charge in [-0.1, -0.05) is 36.4 Å². The lowest BCUT2D eigenvalue weighted by Gasteiger charge is -2.22. The van der Waals surface area contributed by atoms with E-state index in [0.717, 1.165) is 15.6 Å². The average molecular weight is 335 g/mol. The Bertz CT molecular complexity index is 621. The molecule has 0 amide bonds. The van der Waals surface area contributed by atoms with Gasteiger partial charge in [0.25, 0.3) is 0 Å². The quantitative estimate of drug-likeness (QED) is 0.903. The third-order valence-corrected chi connectivity index (χ3v) is 3.54. The van der Waals surface area contributed by atoms with Gasteiger partial charge in [-0.2, -0.15) is 0 Å². The van der Waals surface area contributed by atoms with Crippen LogP contribution in [0.4, 0.5) is 0 Å². The fraction of sp³-hybridized carbons (Fsp3) is 0.188. The van der Waals surface area contributed by atoms with Gasteiger partial charge in [0.2, 0.25) is 0 Å². The molecule has 0 heterocycles. The SMILES string of the molecule is CC(C)(Oc1ccc(-c2ccccc2)cc1Br)C(=O)O. The van der Waals surface area contributed by atoms with Gasteiger partial charge in [0.15, 0.2) is 5.60 Å². The van der Waals surface area contributed by atoms with Crippen molar-refractivity contribution in [2.75, 3.05) is 0 Å². The van der Waals surface area contributed by atoms with Crippen LogP contribution in [-0.2, 0) is 4.79 Å². The summed E-state index contributed by atoms with van der Waals surface area (Å²) in [4.78, 5) is 11.1. The van der Waals surface area contributed by atoms with Crippen molar-refractivity contribution in [2.24, 2.45) is 0 Å². The lowest BCUT2D eigenvalue weighted by atomic mass is 10.1. The van der Waals surface area contributed by atoms with Crippen molar-refractivity contribution in [1.29, 1.82) is 0 Å². The molecular formula is C16H15BrO3. The van der Waals surface area contributed by atoms with Crippen LogP contribution in [0.2, 0.25) is 0 Å². The van der Waals surface area contributed by atoms with Crippen LogP contribution in [0, 0.1) is 0 Å². The van der Waals surface area contributed by atoms with Crippen LogP contribution in [0.5, 0.6) is 5.75 Å². The van der Waals surface area contributed by atoms with Gasteiger partial charge in [0, 0.05) is 0 Å². The van der Waals surface area contributed by atoms with E-state index in [2.05, 4.69) is 15.9 Å². The molecule has 3 nitrogen and oxygen atoms in total. The van der Waals surface area contributed by atoms with Crippen LogP contribution >= 0.6 is 15.9 Å². The Kier molecular flexibility index (Phi) is 4.14. The first-order valence-electron chi connectivity index (χ1n) is 6.17. The van der Waals surface area contributed by atoms with Gasteiger partial charge in [-0.25, -0.2) is 4.79 Å². The molecule has 2 aromatic carbocycles. The Balaban J connectivity index is 2.30. The van der Waals surface area contributed by atoms with E-state index < -0.39 is 11.6 Å². The van der Waals surface area contributed by atoms with Gasteiger partial charge in [-0.05, 0) is 53.0 Å². The Labute approximate surface area is 126 Å². The van der Waals surface area contributed by atoms with Crippen molar-refractivity contribution in [2.45, 2.75) is 19.4 Å². The van der Waals surface area contributed by atoms with E-state index in [1.807, 2.05) is 42.5 Å². The first-order valence-corrected chi connectivity index (χ1v) is 6.97. The molecular weight excluding hydrogens is 320 g/mol. The van der Waals surface area contributed by atoms with E-state index >= 15 is 0 Å². The number of halogens is 1. The molecule has 104 valence electrons. The largest absolute Gasteiger partial charge is 0.478 e. The second-order valence-electron chi connectivity index (χ2n) is 4.93. The first kappa shape index (κ1) is 14.6. The van der Waals surface area contributed by atoms with Crippen molar-refractivity contribution in [1.82, 2.24) is 0 Å². The van der Waals surface area contributed by atoms with E-state index in [4.69, 9.17) is 9.84 Å². The van der Waals surface area contributed by atoms with Crippen molar-refractivity contribution >= 4 is 21.9 Å². The molecule has 1 N–H and O–H groups in total. The summed E-state index contributed by atoms with van der Waals surface area (Å²) in [5.41, 5.74) is 0.867. The van der Waals surface area contributed by atoms with E-state index in [1.54, 1.807) is 6.07 Å². The molecule has 2 rings (SSSR count). The molecule has 4 heteroatoms. The first-order chi connectivity index (χ1) is 9.40. The highest BCUT2D eigenvalue weighted by Crippen LogP contribution is 2.32. The van der Waals surface area contributed by atoms with Crippen molar-refractivity contribution < 1.29 is 14.6 Å². The summed E-state index contributed by atoms with van der Waals surface area (Å²) < 4.78 is 6.27. The Morgan fingerprint density at radius 1 is 1.10 bits per heavy atom. The second-order valence-corrected chi connectivity index (χ2v) is 5.78. The minimum absolute atomic E-state index is 0.511. The number of carboxylic acid groups (broad SMARTS) is 1. The summed E-state index contributed by atoms with van der Waals surface area (Å²) in [6, 6.07) is 15.5. The number of hydrogen-bond acceptors (Lipinski definition) is 2. The highest BCUT2D eigenvalue weighted by Gasteiger charge is 2.30. The Morgan fingerprint density at radius 2 is 1.75 bits per heavy atom. The van der Waals surface area contributed by atoms with Crippen LogP contribution in [0.3, 0.4) is 0 Å². The molecule has 0 saturated carbocycles. The van der Waals surface area contributed by atoms with Crippen molar-refractivity contribution in [3.8, 4) is 16.9 Å². The molecule has 20 heavy (non-hydrogen) atoms. The molecule has 0 bridgehead atoms. The van der Waals surface area contributed by atoms with Gasteiger partial charge < -0.3 is 9.84 Å². The van der Waals surface area contributed by atoms with Gasteiger partial charge in [-0.3, -0.25) is 0 Å². The van der Waals surface area contributed by atoms with E-state index in [1.165, 1.54) is 13.8 Å². The number of ether oxygens (including phenoxy) is 1. The third-order valence-electron chi connectivity index (χ3n) is 2.92. The van der Waals surface area contributed by atoms with Crippen molar-refractivity contribution in [3.63, 3.8) is 0 Å². The number of aliphatic carboxylic acids is 1. The maximum absolute atomic E-state index is 11.1. The fourth-order valence-corrected chi connectivity index (χ4v) is 2.17. The van der Waals surface area contributed by atoms with E-state index in [-0.39, 0.29) is 0 Å². The Hall–Kier alpha value is -1.81. The highest BCUT2D eigenvalue weighted by atomic mass is 79.9. The molecule has 0 saturated heterocycles.